The fourth-order valence-electron chi connectivity index (χ4n) is 3.38. The highest BCUT2D eigenvalue weighted by Crippen LogP contribution is 2.43. The van der Waals surface area contributed by atoms with Crippen LogP contribution in [0, 0.1) is 16.0 Å². The molecule has 1 saturated heterocycles. The van der Waals surface area contributed by atoms with Crippen LogP contribution in [0.25, 0.3) is 0 Å². The van der Waals surface area contributed by atoms with Gasteiger partial charge in [0.05, 0.1) is 17.1 Å². The molecule has 3 atom stereocenters. The number of hydrogen-bond donors (Lipinski definition) is 1. The standard InChI is InChI=1S/C19H21NO4/c21-13-12-16-8-11-18(14-4-2-1-3-5-14)24-19(16)15-6-9-17(10-7-15)20(22)23/h1-7,9-10,16,18-19,21H,8,11-13H2/t16-,18+,19+/m1/s1. The summed E-state index contributed by atoms with van der Waals surface area (Å²) in [6.07, 6.45) is 2.40. The lowest BCUT2D eigenvalue weighted by molar-refractivity contribution is -0.384. The van der Waals surface area contributed by atoms with Gasteiger partial charge in [-0.3, -0.25) is 10.1 Å². The van der Waals surface area contributed by atoms with E-state index in [0.29, 0.717) is 6.42 Å². The van der Waals surface area contributed by atoms with Crippen LogP contribution in [0.15, 0.2) is 54.6 Å². The number of nitrogens with zero attached hydrogens (tertiary/aromatic N) is 1. The molecule has 1 aliphatic rings. The van der Waals surface area contributed by atoms with Crippen LogP contribution in [0.4, 0.5) is 5.69 Å². The topological polar surface area (TPSA) is 72.6 Å². The smallest absolute Gasteiger partial charge is 0.269 e. The van der Waals surface area contributed by atoms with Crippen LogP contribution >= 0.6 is 0 Å². The quantitative estimate of drug-likeness (QED) is 0.660. The predicted octanol–water partition coefficient (Wildman–Crippen LogP) is 4.19. The molecule has 0 unspecified atom stereocenters. The molecule has 5 heteroatoms. The molecule has 2 aromatic carbocycles. The summed E-state index contributed by atoms with van der Waals surface area (Å²) in [5, 5.41) is 20.2. The van der Waals surface area contributed by atoms with Gasteiger partial charge in [0.25, 0.3) is 5.69 Å². The fourth-order valence-corrected chi connectivity index (χ4v) is 3.38. The Kier molecular flexibility index (Phi) is 5.23. The maximum absolute atomic E-state index is 10.8. The first-order valence-electron chi connectivity index (χ1n) is 8.24. The Morgan fingerprint density at radius 2 is 1.75 bits per heavy atom. The summed E-state index contributed by atoms with van der Waals surface area (Å²) in [6, 6.07) is 16.7. The third-order valence-electron chi connectivity index (χ3n) is 4.64. The van der Waals surface area contributed by atoms with E-state index in [1.54, 1.807) is 12.1 Å². The third kappa shape index (κ3) is 3.63. The molecular formula is C19H21NO4. The Morgan fingerprint density at radius 3 is 2.38 bits per heavy atom. The number of aliphatic hydroxyl groups is 1. The number of nitro benzene ring substituents is 1. The van der Waals surface area contributed by atoms with Gasteiger partial charge >= 0.3 is 0 Å². The molecule has 0 bridgehead atoms. The lowest BCUT2D eigenvalue weighted by atomic mass is 9.84. The van der Waals surface area contributed by atoms with Crippen molar-refractivity contribution >= 4 is 5.69 Å². The maximum Gasteiger partial charge on any atom is 0.269 e. The Bertz CT molecular complexity index is 672. The van der Waals surface area contributed by atoms with Gasteiger partial charge in [0.1, 0.15) is 0 Å². The minimum atomic E-state index is -0.399. The zero-order chi connectivity index (χ0) is 16.9. The van der Waals surface area contributed by atoms with E-state index in [2.05, 4.69) is 12.1 Å². The zero-order valence-electron chi connectivity index (χ0n) is 13.4. The van der Waals surface area contributed by atoms with Crippen molar-refractivity contribution in [1.29, 1.82) is 0 Å². The first-order valence-corrected chi connectivity index (χ1v) is 8.24. The number of hydrogen-bond acceptors (Lipinski definition) is 4. The van der Waals surface area contributed by atoms with Gasteiger partial charge in [-0.2, -0.15) is 0 Å². The maximum atomic E-state index is 10.8. The Balaban J connectivity index is 1.83. The van der Waals surface area contributed by atoms with Crippen LogP contribution in [-0.2, 0) is 4.74 Å². The summed E-state index contributed by atoms with van der Waals surface area (Å²) in [7, 11) is 0. The molecule has 0 spiro atoms. The van der Waals surface area contributed by atoms with Gasteiger partial charge in [0, 0.05) is 18.7 Å². The van der Waals surface area contributed by atoms with Gasteiger partial charge in [-0.15, -0.1) is 0 Å². The summed E-state index contributed by atoms with van der Waals surface area (Å²) in [4.78, 5) is 10.4. The van der Waals surface area contributed by atoms with E-state index >= 15 is 0 Å². The summed E-state index contributed by atoms with van der Waals surface area (Å²) in [6.45, 7) is 0.119. The summed E-state index contributed by atoms with van der Waals surface area (Å²) < 4.78 is 6.34. The molecule has 0 aromatic heterocycles. The van der Waals surface area contributed by atoms with Crippen LogP contribution < -0.4 is 0 Å². The van der Waals surface area contributed by atoms with E-state index in [1.807, 2.05) is 18.2 Å². The van der Waals surface area contributed by atoms with Crippen molar-refractivity contribution in [2.24, 2.45) is 5.92 Å². The van der Waals surface area contributed by atoms with Crippen molar-refractivity contribution in [3.63, 3.8) is 0 Å². The number of aliphatic hydroxyl groups excluding tert-OH is 1. The fraction of sp³-hybridized carbons (Fsp3) is 0.368. The van der Waals surface area contributed by atoms with E-state index in [-0.39, 0.29) is 30.4 Å². The van der Waals surface area contributed by atoms with Crippen LogP contribution in [-0.4, -0.2) is 16.6 Å². The number of non-ortho nitro benzene ring substituents is 1. The molecule has 1 N–H and O–H groups in total. The highest BCUT2D eigenvalue weighted by Gasteiger charge is 2.32. The first kappa shape index (κ1) is 16.6. The monoisotopic (exact) mass is 327 g/mol. The minimum Gasteiger partial charge on any atom is -0.396 e. The Labute approximate surface area is 141 Å². The first-order chi connectivity index (χ1) is 11.7. The Morgan fingerprint density at radius 1 is 1.04 bits per heavy atom. The highest BCUT2D eigenvalue weighted by molar-refractivity contribution is 5.34. The zero-order valence-corrected chi connectivity index (χ0v) is 13.4. The largest absolute Gasteiger partial charge is 0.396 e. The molecule has 3 rings (SSSR count). The second-order valence-electron chi connectivity index (χ2n) is 6.15. The molecule has 0 radical (unpaired) electrons. The van der Waals surface area contributed by atoms with Gasteiger partial charge in [-0.05, 0) is 48.4 Å². The normalized spacial score (nSPS) is 23.8. The summed E-state index contributed by atoms with van der Waals surface area (Å²) >= 11 is 0. The molecule has 126 valence electrons. The van der Waals surface area contributed by atoms with E-state index < -0.39 is 4.92 Å². The summed E-state index contributed by atoms with van der Waals surface area (Å²) in [5.41, 5.74) is 2.15. The van der Waals surface area contributed by atoms with Gasteiger partial charge in [0.15, 0.2) is 0 Å². The molecule has 5 nitrogen and oxygen atoms in total. The van der Waals surface area contributed by atoms with E-state index in [0.717, 1.165) is 24.0 Å². The number of nitro groups is 1. The van der Waals surface area contributed by atoms with Crippen LogP contribution in [0.1, 0.15) is 42.6 Å². The van der Waals surface area contributed by atoms with Gasteiger partial charge in [-0.25, -0.2) is 0 Å². The van der Waals surface area contributed by atoms with Crippen molar-refractivity contribution in [3.05, 3.63) is 75.8 Å². The summed E-state index contributed by atoms with van der Waals surface area (Å²) in [5.74, 6) is 0.219. The molecule has 0 saturated carbocycles. The average molecular weight is 327 g/mol. The second kappa shape index (κ2) is 7.55. The SMILES string of the molecule is O=[N+]([O-])c1ccc([C@@H]2O[C@H](c3ccccc3)CC[C@@H]2CCO)cc1. The Hall–Kier alpha value is -2.24. The molecule has 1 aliphatic heterocycles. The lowest BCUT2D eigenvalue weighted by Crippen LogP contribution is -2.26. The highest BCUT2D eigenvalue weighted by atomic mass is 16.6. The predicted molar refractivity (Wildman–Crippen MR) is 90.5 cm³/mol. The van der Waals surface area contributed by atoms with Crippen LogP contribution in [0.3, 0.4) is 0 Å². The van der Waals surface area contributed by atoms with Crippen molar-refractivity contribution in [2.75, 3.05) is 6.61 Å². The molecule has 1 fully saturated rings. The van der Waals surface area contributed by atoms with Crippen molar-refractivity contribution in [3.8, 4) is 0 Å². The van der Waals surface area contributed by atoms with E-state index in [9.17, 15) is 15.2 Å². The number of ether oxygens (including phenoxy) is 1. The molecule has 1 heterocycles. The second-order valence-corrected chi connectivity index (χ2v) is 6.15. The lowest BCUT2D eigenvalue weighted by Gasteiger charge is -2.37. The molecule has 24 heavy (non-hydrogen) atoms. The van der Waals surface area contributed by atoms with E-state index in [1.165, 1.54) is 12.1 Å². The van der Waals surface area contributed by atoms with Crippen molar-refractivity contribution < 1.29 is 14.8 Å². The van der Waals surface area contributed by atoms with Crippen LogP contribution in [0.2, 0.25) is 0 Å². The third-order valence-corrected chi connectivity index (χ3v) is 4.64. The van der Waals surface area contributed by atoms with Crippen LogP contribution in [0.5, 0.6) is 0 Å². The van der Waals surface area contributed by atoms with E-state index in [4.69, 9.17) is 4.74 Å². The molecule has 2 aromatic rings. The average Bonchev–Trinajstić information content (AvgIpc) is 2.63. The molecule has 0 aliphatic carbocycles. The van der Waals surface area contributed by atoms with Gasteiger partial charge in [-0.1, -0.05) is 30.3 Å². The van der Waals surface area contributed by atoms with Gasteiger partial charge in [0.2, 0.25) is 0 Å². The molecule has 0 amide bonds. The van der Waals surface area contributed by atoms with Crippen molar-refractivity contribution in [1.82, 2.24) is 0 Å². The number of benzene rings is 2. The number of rotatable bonds is 5. The van der Waals surface area contributed by atoms with Crippen molar-refractivity contribution in [2.45, 2.75) is 31.5 Å². The van der Waals surface area contributed by atoms with Gasteiger partial charge < -0.3 is 9.84 Å². The molecular weight excluding hydrogens is 306 g/mol. The minimum absolute atomic E-state index is 0.0151.